The van der Waals surface area contributed by atoms with Gasteiger partial charge in [0.25, 0.3) is 5.91 Å². The van der Waals surface area contributed by atoms with Gasteiger partial charge in [-0.25, -0.2) is 14.5 Å². The van der Waals surface area contributed by atoms with Crippen LogP contribution >= 0.6 is 11.3 Å². The fourth-order valence-electron chi connectivity index (χ4n) is 4.50. The lowest BCUT2D eigenvalue weighted by Crippen LogP contribution is -2.47. The maximum absolute atomic E-state index is 13.8. The van der Waals surface area contributed by atoms with Gasteiger partial charge in [-0.3, -0.25) is 4.79 Å². The molecule has 0 bridgehead atoms. The highest BCUT2D eigenvalue weighted by Crippen LogP contribution is 2.35. The third-order valence-electron chi connectivity index (χ3n) is 5.99. The number of piperidine rings is 1. The molecule has 0 saturated carbocycles. The number of aryl methyl sites for hydroxylation is 1. The molecule has 9 nitrogen and oxygen atoms in total. The Labute approximate surface area is 199 Å². The van der Waals surface area contributed by atoms with E-state index < -0.39 is 5.95 Å². The van der Waals surface area contributed by atoms with E-state index in [4.69, 9.17) is 5.73 Å². The van der Waals surface area contributed by atoms with E-state index >= 15 is 0 Å². The molecule has 1 aliphatic heterocycles. The van der Waals surface area contributed by atoms with Gasteiger partial charge in [0.2, 0.25) is 5.95 Å². The van der Waals surface area contributed by atoms with Crippen molar-refractivity contribution in [2.45, 2.75) is 32.4 Å². The zero-order valence-corrected chi connectivity index (χ0v) is 19.3. The summed E-state index contributed by atoms with van der Waals surface area (Å²) in [5.74, 6) is -0.437. The van der Waals surface area contributed by atoms with Crippen LogP contribution in [0.2, 0.25) is 0 Å². The van der Waals surface area contributed by atoms with Crippen molar-refractivity contribution in [1.82, 2.24) is 24.9 Å². The van der Waals surface area contributed by atoms with Crippen LogP contribution in [0.4, 0.5) is 15.9 Å². The van der Waals surface area contributed by atoms with Gasteiger partial charge in [0.15, 0.2) is 5.82 Å². The number of hydrogen-bond acceptors (Lipinski definition) is 8. The van der Waals surface area contributed by atoms with Crippen molar-refractivity contribution in [1.29, 1.82) is 0 Å². The fourth-order valence-corrected chi connectivity index (χ4v) is 5.43. The number of aliphatic hydroxyl groups is 1. The van der Waals surface area contributed by atoms with Crippen molar-refractivity contribution in [3.05, 3.63) is 58.1 Å². The predicted molar refractivity (Wildman–Crippen MR) is 128 cm³/mol. The first kappa shape index (κ1) is 22.2. The lowest BCUT2D eigenvalue weighted by Gasteiger charge is -2.34. The molecule has 4 aromatic heterocycles. The molecule has 5 heterocycles. The molecule has 0 spiro atoms. The summed E-state index contributed by atoms with van der Waals surface area (Å²) in [6.45, 7) is 3.09. The van der Waals surface area contributed by atoms with E-state index in [1.54, 1.807) is 10.6 Å². The number of anilines is 2. The molecule has 5 rings (SSSR count). The van der Waals surface area contributed by atoms with Crippen molar-refractivity contribution < 1.29 is 14.3 Å². The highest BCUT2D eigenvalue weighted by atomic mass is 32.1. The molecule has 11 heteroatoms. The maximum atomic E-state index is 13.8. The smallest absolute Gasteiger partial charge is 0.262 e. The first-order valence-corrected chi connectivity index (χ1v) is 11.8. The molecule has 4 aromatic rings. The minimum absolute atomic E-state index is 0.0853. The van der Waals surface area contributed by atoms with E-state index in [0.29, 0.717) is 39.6 Å². The lowest BCUT2D eigenvalue weighted by atomic mass is 10.0. The van der Waals surface area contributed by atoms with E-state index in [9.17, 15) is 14.3 Å². The third-order valence-corrected chi connectivity index (χ3v) is 7.08. The van der Waals surface area contributed by atoms with E-state index in [2.05, 4.69) is 25.3 Å². The molecule has 176 valence electrons. The summed E-state index contributed by atoms with van der Waals surface area (Å²) >= 11 is 1.38. The number of carbonyl (C=O) groups is 1. The van der Waals surface area contributed by atoms with Crippen LogP contribution in [0.5, 0.6) is 0 Å². The Kier molecular flexibility index (Phi) is 5.88. The molecule has 1 atom stereocenters. The van der Waals surface area contributed by atoms with Crippen molar-refractivity contribution in [2.24, 2.45) is 0 Å². The van der Waals surface area contributed by atoms with E-state index in [1.807, 2.05) is 19.1 Å². The average Bonchev–Trinajstić information content (AvgIpc) is 3.41. The zero-order valence-electron chi connectivity index (χ0n) is 18.5. The Morgan fingerprint density at radius 3 is 3.00 bits per heavy atom. The highest BCUT2D eigenvalue weighted by molar-refractivity contribution is 7.14. The van der Waals surface area contributed by atoms with Gasteiger partial charge in [0.1, 0.15) is 11.8 Å². The summed E-state index contributed by atoms with van der Waals surface area (Å²) in [5, 5.41) is 17.1. The normalized spacial score (nSPS) is 16.2. The summed E-state index contributed by atoms with van der Waals surface area (Å²) in [4.78, 5) is 24.4. The van der Waals surface area contributed by atoms with Crippen LogP contribution in [0.15, 0.2) is 36.8 Å². The van der Waals surface area contributed by atoms with Crippen molar-refractivity contribution in [2.75, 3.05) is 23.7 Å². The number of nitrogens with one attached hydrogen (secondary N) is 1. The SMILES string of the molecule is Cc1cc(CO)c(C(=O)N[C@@H]2CCCN(c3cc(-c4ccnc(F)c4)n4ncnc(N)c34)C2)s1. The van der Waals surface area contributed by atoms with Gasteiger partial charge in [-0.1, -0.05) is 0 Å². The number of nitrogen functional groups attached to an aromatic ring is 1. The van der Waals surface area contributed by atoms with Crippen molar-refractivity contribution in [3.8, 4) is 11.3 Å². The van der Waals surface area contributed by atoms with Gasteiger partial charge in [-0.05, 0) is 38.0 Å². The Hall–Kier alpha value is -3.57. The van der Waals surface area contributed by atoms with Crippen LogP contribution in [0.3, 0.4) is 0 Å². The molecular formula is C23H24FN7O2S. The van der Waals surface area contributed by atoms with Crippen LogP contribution in [-0.2, 0) is 6.61 Å². The largest absolute Gasteiger partial charge is 0.392 e. The first-order chi connectivity index (χ1) is 16.4. The van der Waals surface area contributed by atoms with Crippen LogP contribution < -0.4 is 16.0 Å². The van der Waals surface area contributed by atoms with Crippen molar-refractivity contribution in [3.63, 3.8) is 0 Å². The van der Waals surface area contributed by atoms with Gasteiger partial charge in [-0.2, -0.15) is 9.49 Å². The Balaban J connectivity index is 1.45. The third kappa shape index (κ3) is 4.08. The molecular weight excluding hydrogens is 457 g/mol. The number of fused-ring (bicyclic) bond motifs is 1. The number of rotatable bonds is 5. The van der Waals surface area contributed by atoms with Crippen LogP contribution in [-0.4, -0.2) is 49.7 Å². The quantitative estimate of drug-likeness (QED) is 0.375. The number of thiophene rings is 1. The second-order valence-electron chi connectivity index (χ2n) is 8.32. The monoisotopic (exact) mass is 481 g/mol. The Morgan fingerprint density at radius 2 is 2.21 bits per heavy atom. The van der Waals surface area contributed by atoms with Gasteiger partial charge >= 0.3 is 0 Å². The summed E-state index contributed by atoms with van der Waals surface area (Å²) < 4.78 is 15.5. The molecule has 0 unspecified atom stereocenters. The topological polar surface area (TPSA) is 122 Å². The molecule has 1 aliphatic rings. The van der Waals surface area contributed by atoms with E-state index in [-0.39, 0.29) is 18.6 Å². The summed E-state index contributed by atoms with van der Waals surface area (Å²) in [7, 11) is 0. The summed E-state index contributed by atoms with van der Waals surface area (Å²) in [6, 6.07) is 6.74. The number of aliphatic hydroxyl groups excluding tert-OH is 1. The number of amides is 1. The second-order valence-corrected chi connectivity index (χ2v) is 9.57. The number of nitrogens with zero attached hydrogens (tertiary/aromatic N) is 5. The summed E-state index contributed by atoms with van der Waals surface area (Å²) in [5.41, 5.74) is 9.64. The Morgan fingerprint density at radius 1 is 1.35 bits per heavy atom. The molecule has 1 fully saturated rings. The number of nitrogens with two attached hydrogens (primary N) is 1. The average molecular weight is 482 g/mol. The molecule has 1 amide bonds. The van der Waals surface area contributed by atoms with Crippen LogP contribution in [0.25, 0.3) is 16.8 Å². The van der Waals surface area contributed by atoms with Crippen LogP contribution in [0, 0.1) is 12.9 Å². The predicted octanol–water partition coefficient (Wildman–Crippen LogP) is 2.77. The zero-order chi connectivity index (χ0) is 23.8. The molecule has 0 aliphatic carbocycles. The highest BCUT2D eigenvalue weighted by Gasteiger charge is 2.27. The molecule has 0 aromatic carbocycles. The molecule has 0 radical (unpaired) electrons. The number of halogens is 1. The van der Waals surface area contributed by atoms with Gasteiger partial charge in [0.05, 0.1) is 22.9 Å². The van der Waals surface area contributed by atoms with E-state index in [1.165, 1.54) is 29.9 Å². The molecule has 1 saturated heterocycles. The first-order valence-electron chi connectivity index (χ1n) is 10.9. The van der Waals surface area contributed by atoms with Gasteiger partial charge < -0.3 is 21.1 Å². The van der Waals surface area contributed by atoms with E-state index in [0.717, 1.165) is 30.0 Å². The molecule has 4 N–H and O–H groups in total. The maximum Gasteiger partial charge on any atom is 0.262 e. The fraction of sp³-hybridized carbons (Fsp3) is 0.304. The van der Waals surface area contributed by atoms with Gasteiger partial charge in [-0.15, -0.1) is 11.3 Å². The minimum Gasteiger partial charge on any atom is -0.392 e. The standard InChI is InChI=1S/C23H24FN7O2S/c1-13-7-15(11-32)21(34-13)23(33)29-16-3-2-6-30(10-16)18-9-17(14-4-5-26-19(24)8-14)31-20(18)22(25)27-12-28-31/h4-5,7-9,12,16,32H,2-3,6,10-11H2,1H3,(H,29,33)(H2,25,27,28)/t16-/m1/s1. The number of pyridine rings is 1. The molecule has 34 heavy (non-hydrogen) atoms. The Bertz CT molecular complexity index is 1370. The summed E-state index contributed by atoms with van der Waals surface area (Å²) in [6.07, 6.45) is 4.48. The minimum atomic E-state index is -0.581. The number of hydrogen-bond donors (Lipinski definition) is 3. The lowest BCUT2D eigenvalue weighted by molar-refractivity contribution is 0.0934. The van der Waals surface area contributed by atoms with Crippen LogP contribution in [0.1, 0.15) is 33.0 Å². The van der Waals surface area contributed by atoms with Crippen molar-refractivity contribution >= 4 is 34.3 Å². The number of carbonyl (C=O) groups excluding carboxylic acids is 1. The second kappa shape index (κ2) is 8.99. The van der Waals surface area contributed by atoms with Gasteiger partial charge in [0, 0.05) is 47.4 Å². The number of aromatic nitrogens is 4.